The largest absolute Gasteiger partial charge is 0.382 e. The first kappa shape index (κ1) is 10.9. The van der Waals surface area contributed by atoms with Crippen LogP contribution in [0.15, 0.2) is 22.7 Å². The van der Waals surface area contributed by atoms with Gasteiger partial charge in [0.15, 0.2) is 0 Å². The highest BCUT2D eigenvalue weighted by Crippen LogP contribution is 2.21. The van der Waals surface area contributed by atoms with Gasteiger partial charge in [0.05, 0.1) is 4.47 Å². The fraction of sp³-hybridized carbons (Fsp3) is 0.455. The van der Waals surface area contributed by atoms with Crippen LogP contribution >= 0.6 is 15.9 Å². The summed E-state index contributed by atoms with van der Waals surface area (Å²) >= 11 is 3.13. The van der Waals surface area contributed by atoms with E-state index < -0.39 is 0 Å². The molecule has 0 unspecified atom stereocenters. The Morgan fingerprint density at radius 1 is 1.33 bits per heavy atom. The van der Waals surface area contributed by atoms with Gasteiger partial charge in [0, 0.05) is 24.9 Å². The van der Waals surface area contributed by atoms with Gasteiger partial charge in [0.1, 0.15) is 5.82 Å². The van der Waals surface area contributed by atoms with Crippen molar-refractivity contribution in [1.82, 2.24) is 0 Å². The molecule has 2 rings (SSSR count). The van der Waals surface area contributed by atoms with Gasteiger partial charge in [-0.25, -0.2) is 4.39 Å². The van der Waals surface area contributed by atoms with Gasteiger partial charge in [0.2, 0.25) is 0 Å². The Morgan fingerprint density at radius 2 is 2.07 bits per heavy atom. The van der Waals surface area contributed by atoms with Gasteiger partial charge < -0.3 is 10.1 Å². The van der Waals surface area contributed by atoms with E-state index in [4.69, 9.17) is 4.74 Å². The molecule has 1 saturated heterocycles. The maximum Gasteiger partial charge on any atom is 0.139 e. The lowest BCUT2D eigenvalue weighted by molar-refractivity contribution is 0.0904. The van der Waals surface area contributed by atoms with Crippen molar-refractivity contribution in [2.45, 2.75) is 18.9 Å². The third-order valence-electron chi connectivity index (χ3n) is 2.51. The van der Waals surface area contributed by atoms with Crippen LogP contribution < -0.4 is 5.32 Å². The van der Waals surface area contributed by atoms with E-state index >= 15 is 0 Å². The summed E-state index contributed by atoms with van der Waals surface area (Å²) in [4.78, 5) is 0. The lowest BCUT2D eigenvalue weighted by atomic mass is 10.1. The molecule has 0 saturated carbocycles. The van der Waals surface area contributed by atoms with Crippen molar-refractivity contribution in [3.63, 3.8) is 0 Å². The SMILES string of the molecule is Fc1cc(NC2CCOCC2)ccc1Br. The first-order chi connectivity index (χ1) is 7.25. The number of ether oxygens (including phenoxy) is 1. The minimum Gasteiger partial charge on any atom is -0.382 e. The Kier molecular flexibility index (Phi) is 3.59. The van der Waals surface area contributed by atoms with Crippen LogP contribution in [0.2, 0.25) is 0 Å². The maximum atomic E-state index is 13.2. The minimum atomic E-state index is -0.230. The number of benzene rings is 1. The van der Waals surface area contributed by atoms with Crippen molar-refractivity contribution in [1.29, 1.82) is 0 Å². The van der Waals surface area contributed by atoms with Gasteiger partial charge in [-0.3, -0.25) is 0 Å². The molecular weight excluding hydrogens is 261 g/mol. The Bertz CT molecular complexity index is 339. The Labute approximate surface area is 96.9 Å². The summed E-state index contributed by atoms with van der Waals surface area (Å²) in [6.07, 6.45) is 1.97. The van der Waals surface area contributed by atoms with Crippen LogP contribution in [0.3, 0.4) is 0 Å². The topological polar surface area (TPSA) is 21.3 Å². The van der Waals surface area contributed by atoms with E-state index in [-0.39, 0.29) is 5.82 Å². The number of anilines is 1. The minimum absolute atomic E-state index is 0.230. The maximum absolute atomic E-state index is 13.2. The summed E-state index contributed by atoms with van der Waals surface area (Å²) in [7, 11) is 0. The molecule has 0 spiro atoms. The number of halogens is 2. The lowest BCUT2D eigenvalue weighted by Crippen LogP contribution is -2.27. The van der Waals surface area contributed by atoms with E-state index in [0.29, 0.717) is 10.5 Å². The highest BCUT2D eigenvalue weighted by Gasteiger charge is 2.13. The molecule has 1 N–H and O–H groups in total. The molecule has 1 fully saturated rings. The highest BCUT2D eigenvalue weighted by atomic mass is 79.9. The molecule has 0 aliphatic carbocycles. The van der Waals surface area contributed by atoms with Gasteiger partial charge in [-0.15, -0.1) is 0 Å². The summed E-state index contributed by atoms with van der Waals surface area (Å²) in [5.41, 5.74) is 0.836. The third-order valence-corrected chi connectivity index (χ3v) is 3.15. The molecule has 0 amide bonds. The molecule has 2 nitrogen and oxygen atoms in total. The predicted molar refractivity (Wildman–Crippen MR) is 61.6 cm³/mol. The first-order valence-corrected chi connectivity index (χ1v) is 5.84. The van der Waals surface area contributed by atoms with Crippen LogP contribution in [0.4, 0.5) is 10.1 Å². The molecule has 1 aliphatic rings. The van der Waals surface area contributed by atoms with Gasteiger partial charge in [-0.1, -0.05) is 0 Å². The van der Waals surface area contributed by atoms with Crippen LogP contribution in [0.1, 0.15) is 12.8 Å². The second-order valence-electron chi connectivity index (χ2n) is 3.66. The predicted octanol–water partition coefficient (Wildman–Crippen LogP) is 3.18. The Balaban J connectivity index is 2.00. The normalized spacial score (nSPS) is 17.7. The lowest BCUT2D eigenvalue weighted by Gasteiger charge is -2.24. The van der Waals surface area contributed by atoms with E-state index in [1.54, 1.807) is 6.07 Å². The smallest absolute Gasteiger partial charge is 0.139 e. The van der Waals surface area contributed by atoms with Crippen molar-refractivity contribution in [3.05, 3.63) is 28.5 Å². The first-order valence-electron chi connectivity index (χ1n) is 5.05. The molecule has 4 heteroatoms. The molecule has 82 valence electrons. The van der Waals surface area contributed by atoms with Crippen molar-refractivity contribution < 1.29 is 9.13 Å². The molecule has 1 aliphatic heterocycles. The van der Waals surface area contributed by atoms with Crippen LogP contribution in [-0.4, -0.2) is 19.3 Å². The monoisotopic (exact) mass is 273 g/mol. The van der Waals surface area contributed by atoms with Crippen LogP contribution in [0.5, 0.6) is 0 Å². The average molecular weight is 274 g/mol. The number of nitrogens with one attached hydrogen (secondary N) is 1. The number of hydrogen-bond acceptors (Lipinski definition) is 2. The van der Waals surface area contributed by atoms with Gasteiger partial charge >= 0.3 is 0 Å². The van der Waals surface area contributed by atoms with Crippen LogP contribution in [-0.2, 0) is 4.74 Å². The second kappa shape index (κ2) is 4.94. The molecule has 0 radical (unpaired) electrons. The van der Waals surface area contributed by atoms with Crippen molar-refractivity contribution in [2.24, 2.45) is 0 Å². The Morgan fingerprint density at radius 3 is 2.73 bits per heavy atom. The van der Waals surface area contributed by atoms with Gasteiger partial charge in [-0.05, 0) is 47.0 Å². The molecule has 1 heterocycles. The standard InChI is InChI=1S/C11H13BrFNO/c12-10-2-1-9(7-11(10)13)14-8-3-5-15-6-4-8/h1-2,7-8,14H,3-6H2. The summed E-state index contributed by atoms with van der Waals surface area (Å²) < 4.78 is 19.0. The zero-order chi connectivity index (χ0) is 10.7. The van der Waals surface area contributed by atoms with Crippen LogP contribution in [0, 0.1) is 5.82 Å². The van der Waals surface area contributed by atoms with E-state index in [0.717, 1.165) is 31.7 Å². The molecule has 15 heavy (non-hydrogen) atoms. The summed E-state index contributed by atoms with van der Waals surface area (Å²) in [6.45, 7) is 1.58. The fourth-order valence-electron chi connectivity index (χ4n) is 1.66. The molecular formula is C11H13BrFNO. The van der Waals surface area contributed by atoms with E-state index in [2.05, 4.69) is 21.2 Å². The van der Waals surface area contributed by atoms with Crippen molar-refractivity contribution in [3.8, 4) is 0 Å². The summed E-state index contributed by atoms with van der Waals surface area (Å²) in [6, 6.07) is 5.51. The quantitative estimate of drug-likeness (QED) is 0.894. The molecule has 0 bridgehead atoms. The van der Waals surface area contributed by atoms with Crippen LogP contribution in [0.25, 0.3) is 0 Å². The van der Waals surface area contributed by atoms with Crippen molar-refractivity contribution in [2.75, 3.05) is 18.5 Å². The zero-order valence-corrected chi connectivity index (χ0v) is 9.89. The molecule has 0 atom stereocenters. The second-order valence-corrected chi connectivity index (χ2v) is 4.51. The number of rotatable bonds is 2. The Hall–Kier alpha value is -0.610. The summed E-state index contributed by atoms with van der Waals surface area (Å²) in [5, 5.41) is 3.31. The van der Waals surface area contributed by atoms with E-state index in [9.17, 15) is 4.39 Å². The highest BCUT2D eigenvalue weighted by molar-refractivity contribution is 9.10. The molecule has 1 aromatic carbocycles. The molecule has 1 aromatic rings. The van der Waals surface area contributed by atoms with Gasteiger partial charge in [0.25, 0.3) is 0 Å². The van der Waals surface area contributed by atoms with E-state index in [1.165, 1.54) is 6.07 Å². The van der Waals surface area contributed by atoms with E-state index in [1.807, 2.05) is 6.07 Å². The third kappa shape index (κ3) is 2.92. The van der Waals surface area contributed by atoms with Crippen molar-refractivity contribution >= 4 is 21.6 Å². The fourth-order valence-corrected chi connectivity index (χ4v) is 1.91. The summed E-state index contributed by atoms with van der Waals surface area (Å²) in [5.74, 6) is -0.230. The average Bonchev–Trinajstić information content (AvgIpc) is 2.25. The van der Waals surface area contributed by atoms with Gasteiger partial charge in [-0.2, -0.15) is 0 Å². The number of hydrogen-bond donors (Lipinski definition) is 1. The molecule has 0 aromatic heterocycles. The zero-order valence-electron chi connectivity index (χ0n) is 8.30.